The van der Waals surface area contributed by atoms with Gasteiger partial charge < -0.3 is 9.64 Å². The fourth-order valence-corrected chi connectivity index (χ4v) is 3.22. The van der Waals surface area contributed by atoms with E-state index in [1.165, 1.54) is 39.5 Å². The lowest BCUT2D eigenvalue weighted by Crippen LogP contribution is -2.41. The first-order valence-electron chi connectivity index (χ1n) is 7.67. The van der Waals surface area contributed by atoms with E-state index in [1.807, 2.05) is 4.90 Å². The Hall–Kier alpha value is -1.69. The van der Waals surface area contributed by atoms with Crippen molar-refractivity contribution in [3.05, 3.63) is 18.0 Å². The summed E-state index contributed by atoms with van der Waals surface area (Å²) in [5.74, 6) is 0.0252. The molecule has 2 aliphatic rings. The number of amides is 1. The fraction of sp³-hybridized carbons (Fsp3) is 0.667. The lowest BCUT2D eigenvalue weighted by Gasteiger charge is -2.32. The van der Waals surface area contributed by atoms with Crippen molar-refractivity contribution in [2.45, 2.75) is 31.7 Å². The highest BCUT2D eigenvalue weighted by Crippen LogP contribution is 2.21. The summed E-state index contributed by atoms with van der Waals surface area (Å²) >= 11 is 0. The lowest BCUT2D eigenvalue weighted by atomic mass is 10.1. The number of nitrogens with zero attached hydrogens (tertiary/aromatic N) is 4. The second-order valence-corrected chi connectivity index (χ2v) is 5.75. The maximum Gasteiger partial charge on any atom is 0.316 e. The number of ether oxygens (including phenoxy) is 1. The molecule has 0 aromatic carbocycles. The summed E-state index contributed by atoms with van der Waals surface area (Å²) in [4.78, 5) is 24.9. The molecule has 3 heterocycles. The number of methoxy groups -OCH3 is 1. The highest BCUT2D eigenvalue weighted by molar-refractivity contribution is 5.93. The zero-order valence-electron chi connectivity index (χ0n) is 12.5. The molecular formula is C15H22N4O2. The van der Waals surface area contributed by atoms with E-state index < -0.39 is 0 Å². The number of rotatable bonds is 3. The third-order valence-electron chi connectivity index (χ3n) is 4.42. The van der Waals surface area contributed by atoms with Crippen molar-refractivity contribution < 1.29 is 9.53 Å². The van der Waals surface area contributed by atoms with Gasteiger partial charge in [-0.25, -0.2) is 9.97 Å². The van der Waals surface area contributed by atoms with Gasteiger partial charge in [0.15, 0.2) is 0 Å². The largest absolute Gasteiger partial charge is 0.467 e. The topological polar surface area (TPSA) is 58.6 Å². The van der Waals surface area contributed by atoms with Crippen LogP contribution < -0.4 is 4.74 Å². The minimum Gasteiger partial charge on any atom is -0.467 e. The number of carbonyl (C=O) groups is 1. The minimum atomic E-state index is 0.0252. The number of piperidine rings is 1. The van der Waals surface area contributed by atoms with Gasteiger partial charge in [-0.3, -0.25) is 9.69 Å². The smallest absolute Gasteiger partial charge is 0.316 e. The lowest BCUT2D eigenvalue weighted by molar-refractivity contribution is 0.0770. The molecule has 6 heteroatoms. The van der Waals surface area contributed by atoms with Gasteiger partial charge in [-0.2, -0.15) is 0 Å². The molecule has 0 radical (unpaired) electrons. The van der Waals surface area contributed by atoms with Crippen LogP contribution >= 0.6 is 0 Å². The van der Waals surface area contributed by atoms with E-state index in [4.69, 9.17) is 4.74 Å². The van der Waals surface area contributed by atoms with E-state index in [0.29, 0.717) is 17.6 Å². The van der Waals surface area contributed by atoms with E-state index in [-0.39, 0.29) is 5.91 Å². The molecule has 1 aromatic heterocycles. The molecule has 6 nitrogen and oxygen atoms in total. The fourth-order valence-electron chi connectivity index (χ4n) is 3.22. The highest BCUT2D eigenvalue weighted by atomic mass is 16.5. The Labute approximate surface area is 125 Å². The van der Waals surface area contributed by atoms with Gasteiger partial charge in [-0.15, -0.1) is 0 Å². The molecule has 1 atom stereocenters. The maximum absolute atomic E-state index is 12.5. The Morgan fingerprint density at radius 3 is 2.57 bits per heavy atom. The average molecular weight is 290 g/mol. The molecule has 2 aliphatic heterocycles. The molecule has 1 aromatic rings. The first-order chi connectivity index (χ1) is 10.3. The number of carbonyl (C=O) groups excluding carboxylic acids is 1. The molecule has 0 bridgehead atoms. The van der Waals surface area contributed by atoms with Gasteiger partial charge >= 0.3 is 6.01 Å². The van der Waals surface area contributed by atoms with Gasteiger partial charge in [-0.05, 0) is 32.4 Å². The predicted molar refractivity (Wildman–Crippen MR) is 78.3 cm³/mol. The van der Waals surface area contributed by atoms with E-state index in [1.54, 1.807) is 12.4 Å². The molecular weight excluding hydrogens is 268 g/mol. The quantitative estimate of drug-likeness (QED) is 0.837. The SMILES string of the molecule is COc1ncc(C(=O)N2CC[C@H](N3CCCCC3)C2)cn1. The number of aromatic nitrogens is 2. The van der Waals surface area contributed by atoms with Crippen LogP contribution in [0.4, 0.5) is 0 Å². The summed E-state index contributed by atoms with van der Waals surface area (Å²) in [6, 6.07) is 0.813. The van der Waals surface area contributed by atoms with Gasteiger partial charge in [0.25, 0.3) is 5.91 Å². The van der Waals surface area contributed by atoms with Crippen LogP contribution in [0.15, 0.2) is 12.4 Å². The van der Waals surface area contributed by atoms with Gasteiger partial charge in [0, 0.05) is 31.5 Å². The molecule has 0 aliphatic carbocycles. The Morgan fingerprint density at radius 1 is 1.19 bits per heavy atom. The molecule has 3 rings (SSSR count). The van der Waals surface area contributed by atoms with Crippen molar-refractivity contribution in [1.29, 1.82) is 0 Å². The molecule has 21 heavy (non-hydrogen) atoms. The first-order valence-corrected chi connectivity index (χ1v) is 7.67. The summed E-state index contributed by atoms with van der Waals surface area (Å²) in [7, 11) is 1.51. The Morgan fingerprint density at radius 2 is 1.90 bits per heavy atom. The third kappa shape index (κ3) is 3.15. The normalized spacial score (nSPS) is 23.3. The second kappa shape index (κ2) is 6.39. The van der Waals surface area contributed by atoms with Crippen LogP contribution in [0.1, 0.15) is 36.0 Å². The van der Waals surface area contributed by atoms with Gasteiger partial charge in [-0.1, -0.05) is 6.42 Å². The molecule has 2 fully saturated rings. The van der Waals surface area contributed by atoms with Crippen molar-refractivity contribution >= 4 is 5.91 Å². The molecule has 0 saturated carbocycles. The number of hydrogen-bond acceptors (Lipinski definition) is 5. The zero-order valence-corrected chi connectivity index (χ0v) is 12.5. The summed E-state index contributed by atoms with van der Waals surface area (Å²) in [5.41, 5.74) is 0.537. The van der Waals surface area contributed by atoms with Crippen LogP contribution in [0.5, 0.6) is 6.01 Å². The van der Waals surface area contributed by atoms with Crippen LogP contribution in [0.2, 0.25) is 0 Å². The predicted octanol–water partition coefficient (Wildman–Crippen LogP) is 1.19. The molecule has 0 N–H and O–H groups in total. The monoisotopic (exact) mass is 290 g/mol. The summed E-state index contributed by atoms with van der Waals surface area (Å²) < 4.78 is 4.92. The Balaban J connectivity index is 1.60. The number of hydrogen-bond donors (Lipinski definition) is 0. The van der Waals surface area contributed by atoms with Crippen LogP contribution in [-0.2, 0) is 0 Å². The van der Waals surface area contributed by atoms with Crippen LogP contribution in [0.3, 0.4) is 0 Å². The summed E-state index contributed by atoms with van der Waals surface area (Å²) in [6.45, 7) is 4.01. The summed E-state index contributed by atoms with van der Waals surface area (Å²) in [6.07, 6.45) is 8.08. The van der Waals surface area contributed by atoms with Gasteiger partial charge in [0.1, 0.15) is 0 Å². The molecule has 1 amide bonds. The summed E-state index contributed by atoms with van der Waals surface area (Å²) in [5, 5.41) is 0. The van der Waals surface area contributed by atoms with Crippen molar-refractivity contribution in [3.8, 4) is 6.01 Å². The highest BCUT2D eigenvalue weighted by Gasteiger charge is 2.31. The maximum atomic E-state index is 12.5. The molecule has 114 valence electrons. The van der Waals surface area contributed by atoms with Gasteiger partial charge in [0.2, 0.25) is 0 Å². The Bertz CT molecular complexity index is 485. The van der Waals surface area contributed by atoms with E-state index in [0.717, 1.165) is 19.5 Å². The van der Waals surface area contributed by atoms with Crippen molar-refractivity contribution in [3.63, 3.8) is 0 Å². The number of likely N-dealkylation sites (tertiary alicyclic amines) is 2. The van der Waals surface area contributed by atoms with Crippen LogP contribution in [0.25, 0.3) is 0 Å². The second-order valence-electron chi connectivity index (χ2n) is 5.75. The van der Waals surface area contributed by atoms with Crippen LogP contribution in [0, 0.1) is 0 Å². The standard InChI is InChI=1S/C15H22N4O2/c1-21-15-16-9-12(10-17-15)14(20)19-8-5-13(11-19)18-6-3-2-4-7-18/h9-10,13H,2-8,11H2,1H3/t13-/m0/s1. The minimum absolute atomic E-state index is 0.0252. The van der Waals surface area contributed by atoms with E-state index in [2.05, 4.69) is 14.9 Å². The van der Waals surface area contributed by atoms with Crippen molar-refractivity contribution in [1.82, 2.24) is 19.8 Å². The molecule has 0 spiro atoms. The van der Waals surface area contributed by atoms with Crippen LogP contribution in [-0.4, -0.2) is 65.0 Å². The average Bonchev–Trinajstić information content (AvgIpc) is 3.05. The third-order valence-corrected chi connectivity index (χ3v) is 4.42. The Kier molecular flexibility index (Phi) is 4.34. The zero-order chi connectivity index (χ0) is 14.7. The molecule has 2 saturated heterocycles. The molecule has 0 unspecified atom stereocenters. The van der Waals surface area contributed by atoms with Gasteiger partial charge in [0.05, 0.1) is 12.7 Å². The van der Waals surface area contributed by atoms with Crippen molar-refractivity contribution in [2.24, 2.45) is 0 Å². The van der Waals surface area contributed by atoms with Crippen molar-refractivity contribution in [2.75, 3.05) is 33.3 Å². The van der Waals surface area contributed by atoms with E-state index >= 15 is 0 Å². The first kappa shape index (κ1) is 14.3. The van der Waals surface area contributed by atoms with E-state index in [9.17, 15) is 4.79 Å².